The molecule has 2 N–H and O–H groups in total. The Morgan fingerprint density at radius 3 is 2.55 bits per heavy atom. The molecule has 1 saturated carbocycles. The summed E-state index contributed by atoms with van der Waals surface area (Å²) in [5.74, 6) is 0.324. The molecule has 0 unspecified atom stereocenters. The maximum atomic E-state index is 11.0. The normalized spacial score (nSPS) is 18.1. The van der Waals surface area contributed by atoms with Crippen LogP contribution in [0.3, 0.4) is 0 Å². The van der Waals surface area contributed by atoms with E-state index in [-0.39, 0.29) is 11.8 Å². The van der Waals surface area contributed by atoms with Gasteiger partial charge in [-0.3, -0.25) is 4.79 Å². The van der Waals surface area contributed by atoms with Crippen molar-refractivity contribution in [3.8, 4) is 0 Å². The molecule has 1 rings (SSSR count). The summed E-state index contributed by atoms with van der Waals surface area (Å²) < 4.78 is 0. The van der Waals surface area contributed by atoms with Crippen LogP contribution in [0.25, 0.3) is 0 Å². The SMILES string of the molecule is CC(C)(O)CNC(=O)C1CC1. The number of amides is 1. The Kier molecular flexibility index (Phi) is 2.18. The molecule has 0 heterocycles. The molecule has 0 spiro atoms. The molecular formula is C8H15NO2. The highest BCUT2D eigenvalue weighted by Crippen LogP contribution is 2.28. The minimum absolute atomic E-state index is 0.0899. The predicted octanol–water partition coefficient (Wildman–Crippen LogP) is 0.283. The number of carbonyl (C=O) groups excluding carboxylic acids is 1. The Labute approximate surface area is 66.8 Å². The standard InChI is InChI=1S/C8H15NO2/c1-8(2,11)5-9-7(10)6-3-4-6/h6,11H,3-5H2,1-2H3,(H,9,10). The molecule has 0 radical (unpaired) electrons. The molecule has 0 aromatic carbocycles. The molecule has 1 fully saturated rings. The maximum Gasteiger partial charge on any atom is 0.223 e. The third-order valence-corrected chi connectivity index (χ3v) is 1.64. The monoisotopic (exact) mass is 157 g/mol. The first kappa shape index (κ1) is 8.53. The third kappa shape index (κ3) is 3.37. The second-order valence-electron chi connectivity index (χ2n) is 3.80. The van der Waals surface area contributed by atoms with Gasteiger partial charge < -0.3 is 10.4 Å². The lowest BCUT2D eigenvalue weighted by molar-refractivity contribution is -0.123. The van der Waals surface area contributed by atoms with Crippen molar-refractivity contribution in [3.63, 3.8) is 0 Å². The fraction of sp³-hybridized carbons (Fsp3) is 0.875. The van der Waals surface area contributed by atoms with E-state index in [1.807, 2.05) is 0 Å². The molecule has 3 heteroatoms. The van der Waals surface area contributed by atoms with E-state index in [0.29, 0.717) is 6.54 Å². The summed E-state index contributed by atoms with van der Waals surface area (Å²) in [6.07, 6.45) is 2.02. The van der Waals surface area contributed by atoms with Gasteiger partial charge in [-0.25, -0.2) is 0 Å². The summed E-state index contributed by atoms with van der Waals surface area (Å²) in [6, 6.07) is 0. The van der Waals surface area contributed by atoms with Crippen molar-refractivity contribution in [1.29, 1.82) is 0 Å². The summed E-state index contributed by atoms with van der Waals surface area (Å²) in [5.41, 5.74) is -0.787. The van der Waals surface area contributed by atoms with E-state index in [2.05, 4.69) is 5.32 Å². The van der Waals surface area contributed by atoms with Gasteiger partial charge in [-0.2, -0.15) is 0 Å². The molecule has 11 heavy (non-hydrogen) atoms. The van der Waals surface area contributed by atoms with E-state index >= 15 is 0 Å². The fourth-order valence-corrected chi connectivity index (χ4v) is 0.793. The van der Waals surface area contributed by atoms with Gasteiger partial charge in [0.25, 0.3) is 0 Å². The van der Waals surface area contributed by atoms with Gasteiger partial charge in [-0.1, -0.05) is 0 Å². The van der Waals surface area contributed by atoms with Crippen LogP contribution in [0, 0.1) is 5.92 Å². The lowest BCUT2D eigenvalue weighted by Gasteiger charge is -2.17. The van der Waals surface area contributed by atoms with Crippen molar-refractivity contribution in [2.45, 2.75) is 32.3 Å². The lowest BCUT2D eigenvalue weighted by atomic mass is 10.1. The van der Waals surface area contributed by atoms with Gasteiger partial charge >= 0.3 is 0 Å². The van der Waals surface area contributed by atoms with Crippen LogP contribution in [0.4, 0.5) is 0 Å². The number of hydrogen-bond donors (Lipinski definition) is 2. The molecule has 1 amide bonds. The highest BCUT2D eigenvalue weighted by molar-refractivity contribution is 5.80. The second kappa shape index (κ2) is 2.81. The van der Waals surface area contributed by atoms with Crippen molar-refractivity contribution in [2.75, 3.05) is 6.54 Å². The minimum Gasteiger partial charge on any atom is -0.389 e. The van der Waals surface area contributed by atoms with Crippen LogP contribution < -0.4 is 5.32 Å². The van der Waals surface area contributed by atoms with E-state index in [1.54, 1.807) is 13.8 Å². The Bertz CT molecular complexity index is 156. The molecule has 0 aromatic rings. The van der Waals surface area contributed by atoms with Crippen molar-refractivity contribution < 1.29 is 9.90 Å². The van der Waals surface area contributed by atoms with Crippen LogP contribution in [0.5, 0.6) is 0 Å². The number of rotatable bonds is 3. The Morgan fingerprint density at radius 1 is 1.64 bits per heavy atom. The molecule has 0 aliphatic heterocycles. The van der Waals surface area contributed by atoms with Gasteiger partial charge in [0.15, 0.2) is 0 Å². The molecule has 1 aliphatic carbocycles. The van der Waals surface area contributed by atoms with Crippen LogP contribution in [0.1, 0.15) is 26.7 Å². The van der Waals surface area contributed by atoms with E-state index in [0.717, 1.165) is 12.8 Å². The number of hydrogen-bond acceptors (Lipinski definition) is 2. The Morgan fingerprint density at radius 2 is 2.18 bits per heavy atom. The Hall–Kier alpha value is -0.570. The molecule has 0 saturated heterocycles. The van der Waals surface area contributed by atoms with E-state index < -0.39 is 5.60 Å². The lowest BCUT2D eigenvalue weighted by Crippen LogP contribution is -2.38. The summed E-state index contributed by atoms with van der Waals surface area (Å²) in [6.45, 7) is 3.71. The number of nitrogens with one attached hydrogen (secondary N) is 1. The fourth-order valence-electron chi connectivity index (χ4n) is 0.793. The topological polar surface area (TPSA) is 49.3 Å². The van der Waals surface area contributed by atoms with Crippen LogP contribution in [0.15, 0.2) is 0 Å². The van der Waals surface area contributed by atoms with Crippen LogP contribution >= 0.6 is 0 Å². The second-order valence-corrected chi connectivity index (χ2v) is 3.80. The van der Waals surface area contributed by atoms with Gasteiger partial charge in [0.1, 0.15) is 0 Å². The molecular weight excluding hydrogens is 142 g/mol. The van der Waals surface area contributed by atoms with Crippen molar-refractivity contribution in [2.24, 2.45) is 5.92 Å². The van der Waals surface area contributed by atoms with Gasteiger partial charge in [-0.05, 0) is 26.7 Å². The first-order valence-corrected chi connectivity index (χ1v) is 3.99. The third-order valence-electron chi connectivity index (χ3n) is 1.64. The highest BCUT2D eigenvalue weighted by atomic mass is 16.3. The van der Waals surface area contributed by atoms with E-state index in [9.17, 15) is 9.90 Å². The zero-order valence-corrected chi connectivity index (χ0v) is 7.05. The minimum atomic E-state index is -0.787. The molecule has 3 nitrogen and oxygen atoms in total. The van der Waals surface area contributed by atoms with Gasteiger partial charge in [-0.15, -0.1) is 0 Å². The summed E-state index contributed by atoms with van der Waals surface area (Å²) in [5, 5.41) is 11.9. The summed E-state index contributed by atoms with van der Waals surface area (Å²) in [4.78, 5) is 11.0. The average molecular weight is 157 g/mol. The molecule has 0 aromatic heterocycles. The molecule has 1 aliphatic rings. The summed E-state index contributed by atoms with van der Waals surface area (Å²) >= 11 is 0. The van der Waals surface area contributed by atoms with Crippen LogP contribution in [-0.4, -0.2) is 23.2 Å². The van der Waals surface area contributed by atoms with E-state index in [1.165, 1.54) is 0 Å². The summed E-state index contributed by atoms with van der Waals surface area (Å²) in [7, 11) is 0. The number of carbonyl (C=O) groups is 1. The van der Waals surface area contributed by atoms with Gasteiger partial charge in [0.05, 0.1) is 5.60 Å². The van der Waals surface area contributed by atoms with Crippen LogP contribution in [0.2, 0.25) is 0 Å². The van der Waals surface area contributed by atoms with E-state index in [4.69, 9.17) is 0 Å². The van der Waals surface area contributed by atoms with Crippen LogP contribution in [-0.2, 0) is 4.79 Å². The smallest absolute Gasteiger partial charge is 0.223 e. The predicted molar refractivity (Wildman–Crippen MR) is 42.0 cm³/mol. The zero-order valence-electron chi connectivity index (χ0n) is 7.05. The maximum absolute atomic E-state index is 11.0. The van der Waals surface area contributed by atoms with Crippen molar-refractivity contribution >= 4 is 5.91 Å². The largest absolute Gasteiger partial charge is 0.389 e. The average Bonchev–Trinajstić information content (AvgIpc) is 2.61. The quantitative estimate of drug-likeness (QED) is 0.618. The Balaban J connectivity index is 2.16. The number of aliphatic hydroxyl groups is 1. The van der Waals surface area contributed by atoms with Crippen molar-refractivity contribution in [1.82, 2.24) is 5.32 Å². The zero-order chi connectivity index (χ0) is 8.48. The van der Waals surface area contributed by atoms with Gasteiger partial charge in [0, 0.05) is 12.5 Å². The first-order valence-electron chi connectivity index (χ1n) is 3.99. The highest BCUT2D eigenvalue weighted by Gasteiger charge is 2.30. The van der Waals surface area contributed by atoms with Gasteiger partial charge in [0.2, 0.25) is 5.91 Å². The van der Waals surface area contributed by atoms with Crippen molar-refractivity contribution in [3.05, 3.63) is 0 Å². The molecule has 0 atom stereocenters. The molecule has 0 bridgehead atoms. The molecule has 64 valence electrons. The first-order chi connectivity index (χ1) is 4.99.